The van der Waals surface area contributed by atoms with E-state index in [2.05, 4.69) is 24.5 Å². The van der Waals surface area contributed by atoms with Gasteiger partial charge in [-0.1, -0.05) is 13.8 Å². The van der Waals surface area contributed by atoms with Crippen LogP contribution in [0.5, 0.6) is 0 Å². The number of amides is 1. The maximum absolute atomic E-state index is 12.4. The van der Waals surface area contributed by atoms with Gasteiger partial charge in [0.2, 0.25) is 5.91 Å². The fourth-order valence-corrected chi connectivity index (χ4v) is 3.71. The Balaban J connectivity index is 1.61. The monoisotopic (exact) mass is 252 g/mol. The van der Waals surface area contributed by atoms with Gasteiger partial charge in [0.15, 0.2) is 0 Å². The first-order chi connectivity index (χ1) is 8.56. The Kier molecular flexibility index (Phi) is 3.10. The summed E-state index contributed by atoms with van der Waals surface area (Å²) in [4.78, 5) is 12.4. The highest BCUT2D eigenvalue weighted by Gasteiger charge is 2.44. The summed E-state index contributed by atoms with van der Waals surface area (Å²) in [6.07, 6.45) is 6.22. The summed E-state index contributed by atoms with van der Waals surface area (Å²) in [6, 6.07) is 0.196. The molecule has 1 amide bonds. The molecule has 102 valence electrons. The van der Waals surface area contributed by atoms with Gasteiger partial charge in [-0.15, -0.1) is 0 Å². The van der Waals surface area contributed by atoms with Crippen molar-refractivity contribution in [3.63, 3.8) is 0 Å². The summed E-state index contributed by atoms with van der Waals surface area (Å²) in [7, 11) is 0. The minimum atomic E-state index is -0.0506. The van der Waals surface area contributed by atoms with Crippen LogP contribution in [-0.2, 0) is 9.53 Å². The van der Waals surface area contributed by atoms with Crippen LogP contribution in [0.3, 0.4) is 0 Å². The Morgan fingerprint density at radius 3 is 2.83 bits per heavy atom. The standard InChI is InChI=1S/C14H24N2O2/c1-14(2)6-3-7-15-12(14)13(17)16-10-8-9-4-5-11(10)18-9/h9-12,15H,3-8H2,1-2H3,(H,16,17). The van der Waals surface area contributed by atoms with Gasteiger partial charge in [0.1, 0.15) is 0 Å². The molecule has 4 unspecified atom stereocenters. The van der Waals surface area contributed by atoms with Crippen LogP contribution < -0.4 is 10.6 Å². The molecule has 3 fully saturated rings. The van der Waals surface area contributed by atoms with Crippen molar-refractivity contribution in [2.45, 2.75) is 70.2 Å². The van der Waals surface area contributed by atoms with Crippen molar-refractivity contribution in [3.8, 4) is 0 Å². The summed E-state index contributed by atoms with van der Waals surface area (Å²) < 4.78 is 5.79. The Labute approximate surface area is 109 Å². The number of ether oxygens (including phenoxy) is 1. The third kappa shape index (κ3) is 2.16. The molecule has 0 aliphatic carbocycles. The maximum atomic E-state index is 12.4. The van der Waals surface area contributed by atoms with E-state index in [0.717, 1.165) is 32.2 Å². The van der Waals surface area contributed by atoms with Gasteiger partial charge in [-0.3, -0.25) is 4.79 Å². The number of rotatable bonds is 2. The van der Waals surface area contributed by atoms with Crippen LogP contribution in [-0.4, -0.2) is 36.7 Å². The van der Waals surface area contributed by atoms with Gasteiger partial charge in [0.05, 0.1) is 24.3 Å². The fourth-order valence-electron chi connectivity index (χ4n) is 3.71. The molecule has 4 heteroatoms. The third-order valence-corrected chi connectivity index (χ3v) is 4.82. The van der Waals surface area contributed by atoms with Crippen molar-refractivity contribution in [1.29, 1.82) is 0 Å². The predicted molar refractivity (Wildman–Crippen MR) is 69.2 cm³/mol. The van der Waals surface area contributed by atoms with E-state index in [1.54, 1.807) is 0 Å². The molecule has 18 heavy (non-hydrogen) atoms. The second kappa shape index (κ2) is 4.49. The highest BCUT2D eigenvalue weighted by molar-refractivity contribution is 5.83. The molecule has 2 N–H and O–H groups in total. The van der Waals surface area contributed by atoms with Crippen LogP contribution in [0.2, 0.25) is 0 Å². The van der Waals surface area contributed by atoms with Gasteiger partial charge in [0.25, 0.3) is 0 Å². The smallest absolute Gasteiger partial charge is 0.237 e. The number of piperidine rings is 1. The lowest BCUT2D eigenvalue weighted by atomic mass is 9.77. The lowest BCUT2D eigenvalue weighted by Gasteiger charge is -2.39. The van der Waals surface area contributed by atoms with Crippen LogP contribution in [0, 0.1) is 5.41 Å². The van der Waals surface area contributed by atoms with E-state index in [-0.39, 0.29) is 29.5 Å². The van der Waals surface area contributed by atoms with Crippen molar-refractivity contribution < 1.29 is 9.53 Å². The summed E-state index contributed by atoms with van der Waals surface area (Å²) >= 11 is 0. The molecule has 2 bridgehead atoms. The Morgan fingerprint density at radius 2 is 2.22 bits per heavy atom. The summed E-state index contributed by atoms with van der Waals surface area (Å²) in [5.74, 6) is 0.167. The van der Waals surface area contributed by atoms with Crippen molar-refractivity contribution in [1.82, 2.24) is 10.6 Å². The molecule has 0 saturated carbocycles. The van der Waals surface area contributed by atoms with E-state index in [1.165, 1.54) is 6.42 Å². The molecule has 0 spiro atoms. The molecular formula is C14H24N2O2. The van der Waals surface area contributed by atoms with E-state index in [4.69, 9.17) is 4.74 Å². The first kappa shape index (κ1) is 12.4. The lowest BCUT2D eigenvalue weighted by Crippen LogP contribution is -2.58. The molecule has 0 radical (unpaired) electrons. The normalized spacial score (nSPS) is 41.9. The van der Waals surface area contributed by atoms with Crippen LogP contribution in [0.4, 0.5) is 0 Å². The second-order valence-corrected chi connectivity index (χ2v) is 6.70. The first-order valence-corrected chi connectivity index (χ1v) is 7.25. The highest BCUT2D eigenvalue weighted by Crippen LogP contribution is 2.35. The van der Waals surface area contributed by atoms with Crippen molar-refractivity contribution in [3.05, 3.63) is 0 Å². The SMILES string of the molecule is CC1(C)CCCNC1C(=O)NC1CC2CCC1O2. The Hall–Kier alpha value is -0.610. The minimum Gasteiger partial charge on any atom is -0.373 e. The van der Waals surface area contributed by atoms with Gasteiger partial charge in [-0.2, -0.15) is 0 Å². The van der Waals surface area contributed by atoms with Gasteiger partial charge in [-0.05, 0) is 44.1 Å². The maximum Gasteiger partial charge on any atom is 0.237 e. The minimum absolute atomic E-state index is 0.0506. The summed E-state index contributed by atoms with van der Waals surface area (Å²) in [6.45, 7) is 5.32. The third-order valence-electron chi connectivity index (χ3n) is 4.82. The van der Waals surface area contributed by atoms with Crippen molar-refractivity contribution >= 4 is 5.91 Å². The van der Waals surface area contributed by atoms with E-state index >= 15 is 0 Å². The summed E-state index contributed by atoms with van der Waals surface area (Å²) in [5.41, 5.74) is 0.0564. The molecule has 0 aromatic rings. The van der Waals surface area contributed by atoms with Gasteiger partial charge in [-0.25, -0.2) is 0 Å². The van der Waals surface area contributed by atoms with Crippen LogP contribution >= 0.6 is 0 Å². The van der Waals surface area contributed by atoms with Gasteiger partial charge < -0.3 is 15.4 Å². The Morgan fingerprint density at radius 1 is 1.39 bits per heavy atom. The molecule has 3 saturated heterocycles. The number of hydrogen-bond donors (Lipinski definition) is 2. The van der Waals surface area contributed by atoms with Crippen molar-refractivity contribution in [2.24, 2.45) is 5.41 Å². The topological polar surface area (TPSA) is 50.4 Å². The molecule has 3 aliphatic rings. The molecule has 0 aromatic heterocycles. The average molecular weight is 252 g/mol. The fraction of sp³-hybridized carbons (Fsp3) is 0.929. The van der Waals surface area contributed by atoms with Gasteiger partial charge in [0, 0.05) is 0 Å². The lowest BCUT2D eigenvalue weighted by molar-refractivity contribution is -0.127. The van der Waals surface area contributed by atoms with Crippen molar-refractivity contribution in [2.75, 3.05) is 6.54 Å². The molecule has 3 aliphatic heterocycles. The van der Waals surface area contributed by atoms with E-state index in [9.17, 15) is 4.79 Å². The number of carbonyl (C=O) groups excluding carboxylic acids is 1. The number of carbonyl (C=O) groups is 1. The molecular weight excluding hydrogens is 228 g/mol. The molecule has 0 aromatic carbocycles. The zero-order valence-electron chi connectivity index (χ0n) is 11.4. The molecule has 4 nitrogen and oxygen atoms in total. The predicted octanol–water partition coefficient (Wildman–Crippen LogP) is 1.20. The summed E-state index contributed by atoms with van der Waals surface area (Å²) in [5, 5.41) is 6.58. The zero-order valence-corrected chi connectivity index (χ0v) is 11.4. The van der Waals surface area contributed by atoms with E-state index < -0.39 is 0 Å². The highest BCUT2D eigenvalue weighted by atomic mass is 16.5. The molecule has 3 rings (SSSR count). The van der Waals surface area contributed by atoms with Crippen LogP contribution in [0.15, 0.2) is 0 Å². The van der Waals surface area contributed by atoms with Crippen LogP contribution in [0.25, 0.3) is 0 Å². The number of hydrogen-bond acceptors (Lipinski definition) is 3. The van der Waals surface area contributed by atoms with E-state index in [0.29, 0.717) is 6.10 Å². The number of fused-ring (bicyclic) bond motifs is 2. The quantitative estimate of drug-likeness (QED) is 0.776. The van der Waals surface area contributed by atoms with Gasteiger partial charge >= 0.3 is 0 Å². The molecule has 3 heterocycles. The first-order valence-electron chi connectivity index (χ1n) is 7.25. The zero-order chi connectivity index (χ0) is 12.8. The second-order valence-electron chi connectivity index (χ2n) is 6.70. The molecule has 4 atom stereocenters. The average Bonchev–Trinajstić information content (AvgIpc) is 2.90. The van der Waals surface area contributed by atoms with Crippen LogP contribution in [0.1, 0.15) is 46.0 Å². The number of nitrogens with one attached hydrogen (secondary N) is 2. The van der Waals surface area contributed by atoms with E-state index in [1.807, 2.05) is 0 Å². The largest absolute Gasteiger partial charge is 0.373 e. The Bertz CT molecular complexity index is 343.